The molecule has 0 amide bonds. The van der Waals surface area contributed by atoms with E-state index >= 15 is 0 Å². The summed E-state index contributed by atoms with van der Waals surface area (Å²) in [6, 6.07) is 0. The van der Waals surface area contributed by atoms with E-state index in [0.29, 0.717) is 0 Å². The van der Waals surface area contributed by atoms with E-state index in [-0.39, 0.29) is 6.92 Å². The zero-order valence-corrected chi connectivity index (χ0v) is 10.6. The van der Waals surface area contributed by atoms with E-state index in [1.807, 2.05) is 0 Å². The summed E-state index contributed by atoms with van der Waals surface area (Å²) in [5.74, 6) is -9.92. The minimum Gasteiger partial charge on any atom is -0.303 e. The third kappa shape index (κ3) is 4.65. The third-order valence-electron chi connectivity index (χ3n) is 2.11. The number of hydrogen-bond acceptors (Lipinski definition) is 2. The summed E-state index contributed by atoms with van der Waals surface area (Å²) in [5.41, 5.74) is 0. The fourth-order valence-electron chi connectivity index (χ4n) is 0.879. The van der Waals surface area contributed by atoms with Gasteiger partial charge in [0.15, 0.2) is 11.9 Å². The molecule has 0 heterocycles. The van der Waals surface area contributed by atoms with Crippen LogP contribution in [0.5, 0.6) is 0 Å². The molecule has 0 N–H and O–H groups in total. The highest BCUT2D eigenvalue weighted by molar-refractivity contribution is 4.96. The van der Waals surface area contributed by atoms with Gasteiger partial charge in [0.2, 0.25) is 0 Å². The second-order valence-electron chi connectivity index (χ2n) is 3.94. The average Bonchev–Trinajstić information content (AvgIpc) is 2.24. The Morgan fingerprint density at radius 3 is 1.52 bits per heavy atom. The van der Waals surface area contributed by atoms with Gasteiger partial charge in [-0.15, -0.1) is 0 Å². The van der Waals surface area contributed by atoms with Gasteiger partial charge in [-0.1, -0.05) is 6.58 Å². The highest BCUT2D eigenvalue weighted by Gasteiger charge is 2.78. The van der Waals surface area contributed by atoms with E-state index in [4.69, 9.17) is 0 Å². The minimum atomic E-state index is -7.03. The van der Waals surface area contributed by atoms with E-state index in [9.17, 15) is 52.7 Å². The molecule has 0 rings (SSSR count). The Labute approximate surface area is 119 Å². The zero-order valence-electron chi connectivity index (χ0n) is 10.6. The molecule has 0 fully saturated rings. The lowest BCUT2D eigenvalue weighted by Gasteiger charge is -2.36. The summed E-state index contributed by atoms with van der Waals surface area (Å²) in [5, 5.41) is 0. The van der Waals surface area contributed by atoms with Gasteiger partial charge in [0.1, 0.15) is 0 Å². The Morgan fingerprint density at radius 1 is 0.870 bits per heavy atom. The maximum absolute atomic E-state index is 13.4. The van der Waals surface area contributed by atoms with Crippen molar-refractivity contribution in [2.75, 3.05) is 0 Å². The molecule has 14 heteroatoms. The molecule has 0 aromatic heterocycles. The summed E-state index contributed by atoms with van der Waals surface area (Å²) in [6.45, 7) is 1.48. The number of alkyl halides is 11. The van der Waals surface area contributed by atoms with Gasteiger partial charge < -0.3 is 4.74 Å². The Balaban J connectivity index is 5.85. The Bertz CT molecular complexity index is 439. The van der Waals surface area contributed by atoms with Crippen LogP contribution >= 0.6 is 0 Å². The van der Waals surface area contributed by atoms with Crippen molar-refractivity contribution in [2.45, 2.75) is 43.5 Å². The van der Waals surface area contributed by atoms with Gasteiger partial charge in [0, 0.05) is 0 Å². The van der Waals surface area contributed by atoms with Crippen molar-refractivity contribution >= 4 is 0 Å². The standard InChI is InChI=1S/C9H6F12O2/c1-3(10)6(14,15)23-7(16,8(17,18)19)9(20,21)22-4(2)5(11,12)13/h4H,1H2,2H3. The van der Waals surface area contributed by atoms with Gasteiger partial charge in [0.25, 0.3) is 0 Å². The molecule has 0 saturated heterocycles. The van der Waals surface area contributed by atoms with Crippen molar-refractivity contribution in [3.05, 3.63) is 12.4 Å². The monoisotopic (exact) mass is 374 g/mol. The number of ether oxygens (including phenoxy) is 2. The molecule has 0 aromatic carbocycles. The molecule has 2 unspecified atom stereocenters. The van der Waals surface area contributed by atoms with E-state index < -0.39 is 42.4 Å². The van der Waals surface area contributed by atoms with Crippen LogP contribution in [0, 0.1) is 0 Å². The first-order chi connectivity index (χ1) is 9.78. The molecule has 0 aliphatic rings. The maximum Gasteiger partial charge on any atom is 0.458 e. The van der Waals surface area contributed by atoms with Crippen LogP contribution in [-0.2, 0) is 9.47 Å². The Morgan fingerprint density at radius 2 is 1.26 bits per heavy atom. The molecule has 0 spiro atoms. The van der Waals surface area contributed by atoms with Crippen LogP contribution < -0.4 is 0 Å². The quantitative estimate of drug-likeness (QED) is 0.618. The lowest BCUT2D eigenvalue weighted by molar-refractivity contribution is -0.505. The van der Waals surface area contributed by atoms with Gasteiger partial charge in [-0.05, 0) is 6.92 Å². The summed E-state index contributed by atoms with van der Waals surface area (Å²) in [7, 11) is 0. The fraction of sp³-hybridized carbons (Fsp3) is 0.778. The number of hydrogen-bond donors (Lipinski definition) is 0. The second kappa shape index (κ2) is 6.03. The molecular formula is C9H6F12O2. The van der Waals surface area contributed by atoms with Crippen molar-refractivity contribution in [3.8, 4) is 0 Å². The van der Waals surface area contributed by atoms with Crippen molar-refractivity contribution in [1.29, 1.82) is 0 Å². The van der Waals surface area contributed by atoms with E-state index in [1.54, 1.807) is 6.58 Å². The van der Waals surface area contributed by atoms with Crippen molar-refractivity contribution < 1.29 is 62.2 Å². The molecule has 0 aromatic rings. The highest BCUT2D eigenvalue weighted by Crippen LogP contribution is 2.51. The molecule has 0 aliphatic carbocycles. The van der Waals surface area contributed by atoms with Crippen LogP contribution in [0.15, 0.2) is 12.4 Å². The van der Waals surface area contributed by atoms with Gasteiger partial charge >= 0.3 is 30.4 Å². The number of rotatable bonds is 6. The molecule has 2 nitrogen and oxygen atoms in total. The summed E-state index contributed by atoms with van der Waals surface area (Å²) in [4.78, 5) is 0. The molecule has 0 aliphatic heterocycles. The van der Waals surface area contributed by atoms with Crippen LogP contribution in [0.2, 0.25) is 0 Å². The van der Waals surface area contributed by atoms with Gasteiger partial charge in [-0.3, -0.25) is 4.74 Å². The largest absolute Gasteiger partial charge is 0.458 e. The zero-order chi connectivity index (χ0) is 19.1. The smallest absolute Gasteiger partial charge is 0.303 e. The average molecular weight is 374 g/mol. The van der Waals surface area contributed by atoms with Crippen molar-refractivity contribution in [1.82, 2.24) is 0 Å². The molecule has 0 bridgehead atoms. The van der Waals surface area contributed by atoms with Crippen molar-refractivity contribution in [2.24, 2.45) is 0 Å². The Kier molecular flexibility index (Phi) is 5.72. The van der Waals surface area contributed by atoms with Crippen LogP contribution in [0.1, 0.15) is 6.92 Å². The summed E-state index contributed by atoms with van der Waals surface area (Å²) in [6.07, 6.45) is -29.0. The van der Waals surface area contributed by atoms with Crippen LogP contribution in [0.4, 0.5) is 52.7 Å². The normalized spacial score (nSPS) is 18.5. The van der Waals surface area contributed by atoms with E-state index in [0.717, 1.165) is 0 Å². The summed E-state index contributed by atoms with van der Waals surface area (Å²) >= 11 is 0. The maximum atomic E-state index is 13.4. The predicted molar refractivity (Wildman–Crippen MR) is 47.7 cm³/mol. The predicted octanol–water partition coefficient (Wildman–Crippen LogP) is 4.87. The molecular weight excluding hydrogens is 368 g/mol. The molecule has 138 valence electrons. The number of halogens is 12. The Hall–Kier alpha value is -1.18. The molecule has 0 saturated carbocycles. The highest BCUT2D eigenvalue weighted by atomic mass is 19.4. The van der Waals surface area contributed by atoms with Gasteiger partial charge in [-0.2, -0.15) is 48.3 Å². The minimum absolute atomic E-state index is 0.253. The van der Waals surface area contributed by atoms with Crippen LogP contribution in [0.3, 0.4) is 0 Å². The first kappa shape index (κ1) is 21.8. The molecule has 23 heavy (non-hydrogen) atoms. The first-order valence-electron chi connectivity index (χ1n) is 5.09. The molecule has 0 radical (unpaired) electrons. The summed E-state index contributed by atoms with van der Waals surface area (Å²) < 4.78 is 155. The first-order valence-corrected chi connectivity index (χ1v) is 5.09. The lowest BCUT2D eigenvalue weighted by Crippen LogP contribution is -2.62. The van der Waals surface area contributed by atoms with Crippen molar-refractivity contribution in [3.63, 3.8) is 0 Å². The van der Waals surface area contributed by atoms with Crippen LogP contribution in [0.25, 0.3) is 0 Å². The van der Waals surface area contributed by atoms with E-state index in [2.05, 4.69) is 9.47 Å². The van der Waals surface area contributed by atoms with Gasteiger partial charge in [0.05, 0.1) is 0 Å². The second-order valence-corrected chi connectivity index (χ2v) is 3.94. The lowest BCUT2D eigenvalue weighted by atomic mass is 10.2. The topological polar surface area (TPSA) is 18.5 Å². The van der Waals surface area contributed by atoms with E-state index in [1.165, 1.54) is 0 Å². The van der Waals surface area contributed by atoms with Gasteiger partial charge in [-0.25, -0.2) is 4.39 Å². The SMILES string of the molecule is C=C(F)C(F)(F)OC(F)(C(F)(F)F)C(F)(F)OC(C)C(F)(F)F. The third-order valence-corrected chi connectivity index (χ3v) is 2.11. The fourth-order valence-corrected chi connectivity index (χ4v) is 0.879. The van der Waals surface area contributed by atoms with Crippen LogP contribution in [-0.4, -0.2) is 36.5 Å². The molecule has 2 atom stereocenters.